The zero-order valence-corrected chi connectivity index (χ0v) is 17.6. The number of fused-ring (bicyclic) bond motifs is 2. The molecule has 0 aromatic carbocycles. The minimum absolute atomic E-state index is 0.137. The lowest BCUT2D eigenvalue weighted by Crippen LogP contribution is -2.47. The number of rotatable bonds is 8. The van der Waals surface area contributed by atoms with E-state index in [0.717, 1.165) is 38.5 Å². The van der Waals surface area contributed by atoms with Crippen LogP contribution in [0.15, 0.2) is 0 Å². The molecule has 2 aliphatic heterocycles. The maximum Gasteiger partial charge on any atom is 0.501 e. The quantitative estimate of drug-likeness (QED) is 0.659. The van der Waals surface area contributed by atoms with E-state index in [0.29, 0.717) is 6.42 Å². The molecule has 2 fully saturated rings. The molecule has 7 heteroatoms. The fraction of sp³-hybridized carbons (Fsp3) is 0.944. The molecule has 1 N–H and O–H groups in total. The van der Waals surface area contributed by atoms with Crippen LogP contribution in [0.4, 0.5) is 0 Å². The number of carbonyl (C=O) groups is 1. The molecule has 0 aliphatic carbocycles. The van der Waals surface area contributed by atoms with Crippen LogP contribution >= 0.6 is 0 Å². The highest BCUT2D eigenvalue weighted by Crippen LogP contribution is 2.36. The van der Waals surface area contributed by atoms with Crippen LogP contribution in [0.5, 0.6) is 0 Å². The third-order valence-corrected chi connectivity index (χ3v) is 8.64. The van der Waals surface area contributed by atoms with Gasteiger partial charge in [-0.25, -0.2) is 0 Å². The van der Waals surface area contributed by atoms with E-state index in [4.69, 9.17) is 13.3 Å². The lowest BCUT2D eigenvalue weighted by Gasteiger charge is -2.40. The summed E-state index contributed by atoms with van der Waals surface area (Å²) in [6.45, 7) is 11.5. The van der Waals surface area contributed by atoms with Crippen LogP contribution in [-0.4, -0.2) is 62.7 Å². The number of hydrogen-bond donors (Lipinski definition) is 1. The summed E-state index contributed by atoms with van der Waals surface area (Å²) in [7, 11) is -0.445. The predicted octanol–water partition coefficient (Wildman–Crippen LogP) is 3.14. The minimum atomic E-state index is -2.51. The summed E-state index contributed by atoms with van der Waals surface area (Å²) < 4.78 is 18.4. The first-order valence-corrected chi connectivity index (χ1v) is 11.3. The average Bonchev–Trinajstić information content (AvgIpc) is 2.65. The highest BCUT2D eigenvalue weighted by Gasteiger charge is 2.53. The third-order valence-electron chi connectivity index (χ3n) is 5.64. The maximum absolute atomic E-state index is 11.4. The second-order valence-electron chi connectivity index (χ2n) is 8.86. The van der Waals surface area contributed by atoms with Gasteiger partial charge in [-0.1, -0.05) is 0 Å². The zero-order chi connectivity index (χ0) is 18.9. The van der Waals surface area contributed by atoms with Gasteiger partial charge in [-0.2, -0.15) is 0 Å². The highest BCUT2D eigenvalue weighted by molar-refractivity contribution is 6.61. The molecule has 2 unspecified atom stereocenters. The SMILES string of the molecule is CC1O[Si]2(CCCN(C)C(C)(C)CC(C)(C)C(=O)O)OCCC[C@@H]1O2. The number of hydrogen-bond acceptors (Lipinski definition) is 5. The van der Waals surface area contributed by atoms with Crippen molar-refractivity contribution in [3.05, 3.63) is 0 Å². The molecule has 0 aromatic heterocycles. The molecule has 6 nitrogen and oxygen atoms in total. The summed E-state index contributed by atoms with van der Waals surface area (Å²) in [5.74, 6) is -0.750. The van der Waals surface area contributed by atoms with E-state index < -0.39 is 20.2 Å². The topological polar surface area (TPSA) is 68.2 Å². The Balaban J connectivity index is 1.87. The Morgan fingerprint density at radius 1 is 1.28 bits per heavy atom. The van der Waals surface area contributed by atoms with E-state index in [1.54, 1.807) is 13.8 Å². The third kappa shape index (κ3) is 5.04. The Labute approximate surface area is 153 Å². The van der Waals surface area contributed by atoms with Gasteiger partial charge < -0.3 is 23.3 Å². The molecule has 2 aliphatic rings. The predicted molar refractivity (Wildman–Crippen MR) is 98.5 cm³/mol. The summed E-state index contributed by atoms with van der Waals surface area (Å²) >= 11 is 0. The van der Waals surface area contributed by atoms with E-state index in [1.807, 2.05) is 0 Å². The molecule has 146 valence electrons. The van der Waals surface area contributed by atoms with Crippen molar-refractivity contribution in [1.29, 1.82) is 0 Å². The van der Waals surface area contributed by atoms with Crippen LogP contribution in [0.1, 0.15) is 60.3 Å². The van der Waals surface area contributed by atoms with Crippen molar-refractivity contribution in [3.63, 3.8) is 0 Å². The van der Waals surface area contributed by atoms with Crippen LogP contribution in [0.2, 0.25) is 6.04 Å². The number of aliphatic carboxylic acids is 1. The van der Waals surface area contributed by atoms with Gasteiger partial charge in [0, 0.05) is 18.2 Å². The number of carboxylic acids is 1. The summed E-state index contributed by atoms with van der Waals surface area (Å²) in [6.07, 6.45) is 3.92. The molecule has 2 bridgehead atoms. The van der Waals surface area contributed by atoms with Crippen molar-refractivity contribution in [2.24, 2.45) is 5.41 Å². The molecule has 0 radical (unpaired) electrons. The van der Waals surface area contributed by atoms with E-state index in [2.05, 4.69) is 32.7 Å². The highest BCUT2D eigenvalue weighted by atomic mass is 28.4. The number of carboxylic acid groups (broad SMARTS) is 1. The fourth-order valence-electron chi connectivity index (χ4n) is 3.90. The van der Waals surface area contributed by atoms with Gasteiger partial charge in [0.2, 0.25) is 0 Å². The Hall–Kier alpha value is -0.473. The van der Waals surface area contributed by atoms with Gasteiger partial charge in [0.25, 0.3) is 0 Å². The average molecular weight is 374 g/mol. The molecule has 3 atom stereocenters. The molecule has 0 amide bonds. The van der Waals surface area contributed by atoms with Crippen molar-refractivity contribution in [1.82, 2.24) is 4.90 Å². The molecule has 2 heterocycles. The normalized spacial score (nSPS) is 30.5. The largest absolute Gasteiger partial charge is 0.501 e. The first kappa shape index (κ1) is 20.8. The van der Waals surface area contributed by atoms with Crippen LogP contribution in [0.25, 0.3) is 0 Å². The van der Waals surface area contributed by atoms with Gasteiger partial charge in [0.15, 0.2) is 0 Å². The molecule has 2 rings (SSSR count). The van der Waals surface area contributed by atoms with Crippen molar-refractivity contribution < 1.29 is 23.2 Å². The Morgan fingerprint density at radius 3 is 2.60 bits per heavy atom. The molecule has 0 aromatic rings. The van der Waals surface area contributed by atoms with Crippen molar-refractivity contribution in [3.8, 4) is 0 Å². The summed E-state index contributed by atoms with van der Waals surface area (Å²) in [6, 6.07) is 0.830. The van der Waals surface area contributed by atoms with E-state index in [1.165, 1.54) is 0 Å². The van der Waals surface area contributed by atoms with E-state index in [-0.39, 0.29) is 17.7 Å². The molecular weight excluding hydrogens is 338 g/mol. The standard InChI is InChI=1S/C18H35NO5Si/c1-14-15-9-7-11-22-25(23-14,24-15)12-8-10-19(6)18(4,5)13-17(2,3)16(20)21/h14-15H,7-13H2,1-6H3,(H,20,21)/t14?,15-,25?/m0/s1. The van der Waals surface area contributed by atoms with Crippen molar-refractivity contribution >= 4 is 14.8 Å². The zero-order valence-electron chi connectivity index (χ0n) is 16.6. The Bertz CT molecular complexity index is 484. The minimum Gasteiger partial charge on any atom is -0.481 e. The van der Waals surface area contributed by atoms with Crippen molar-refractivity contribution in [2.75, 3.05) is 20.2 Å². The Kier molecular flexibility index (Phi) is 6.37. The molecule has 0 saturated carbocycles. The monoisotopic (exact) mass is 373 g/mol. The molecule has 0 spiro atoms. The smallest absolute Gasteiger partial charge is 0.481 e. The second-order valence-corrected chi connectivity index (χ2v) is 11.5. The molecule has 25 heavy (non-hydrogen) atoms. The summed E-state index contributed by atoms with van der Waals surface area (Å²) in [5, 5.41) is 9.39. The van der Waals surface area contributed by atoms with E-state index in [9.17, 15) is 9.90 Å². The van der Waals surface area contributed by atoms with Gasteiger partial charge in [0.05, 0.1) is 17.6 Å². The maximum atomic E-state index is 11.4. The first-order chi connectivity index (χ1) is 11.5. The van der Waals surface area contributed by atoms with Gasteiger partial charge in [-0.15, -0.1) is 0 Å². The molecular formula is C18H35NO5Si. The van der Waals surface area contributed by atoms with Gasteiger partial charge in [0.1, 0.15) is 0 Å². The Morgan fingerprint density at radius 2 is 1.96 bits per heavy atom. The lowest BCUT2D eigenvalue weighted by atomic mass is 9.79. The van der Waals surface area contributed by atoms with Crippen LogP contribution in [0.3, 0.4) is 0 Å². The lowest BCUT2D eigenvalue weighted by molar-refractivity contribution is -0.148. The first-order valence-electron chi connectivity index (χ1n) is 9.42. The van der Waals surface area contributed by atoms with Crippen LogP contribution in [-0.2, 0) is 18.1 Å². The van der Waals surface area contributed by atoms with Gasteiger partial charge >= 0.3 is 14.8 Å². The summed E-state index contributed by atoms with van der Waals surface area (Å²) in [5.41, 5.74) is -0.936. The summed E-state index contributed by atoms with van der Waals surface area (Å²) in [4.78, 5) is 13.7. The van der Waals surface area contributed by atoms with Gasteiger partial charge in [-0.05, 0) is 73.9 Å². The van der Waals surface area contributed by atoms with Gasteiger partial charge in [-0.3, -0.25) is 4.79 Å². The number of nitrogens with zero attached hydrogens (tertiary/aromatic N) is 1. The van der Waals surface area contributed by atoms with E-state index >= 15 is 0 Å². The fourth-order valence-corrected chi connectivity index (χ4v) is 7.01. The van der Waals surface area contributed by atoms with Crippen LogP contribution in [0, 0.1) is 5.41 Å². The molecule has 2 saturated heterocycles. The van der Waals surface area contributed by atoms with Crippen molar-refractivity contribution in [2.45, 2.75) is 84.1 Å². The van der Waals surface area contributed by atoms with Crippen LogP contribution < -0.4 is 0 Å². The second kappa shape index (κ2) is 7.64.